The van der Waals surface area contributed by atoms with E-state index in [1.54, 1.807) is 11.8 Å². The van der Waals surface area contributed by atoms with Crippen LogP contribution in [0.3, 0.4) is 0 Å². The smallest absolute Gasteiger partial charge is 0.275 e. The molecule has 0 saturated carbocycles. The second-order valence-corrected chi connectivity index (χ2v) is 7.51. The van der Waals surface area contributed by atoms with Gasteiger partial charge < -0.3 is 14.6 Å². The van der Waals surface area contributed by atoms with E-state index in [0.717, 1.165) is 10.8 Å². The maximum absolute atomic E-state index is 12.5. The van der Waals surface area contributed by atoms with Crippen molar-refractivity contribution in [2.24, 2.45) is 0 Å². The standard InChI is InChI=1S/C13H21N3O4S/c1-9-8-16(6-5-14-9)13(17)11-7-12(20-10(11)2)21(18,19)15(3)4/h7,9,14H,5-6,8H2,1-4H3. The summed E-state index contributed by atoms with van der Waals surface area (Å²) in [5.74, 6) is 0.136. The molecular formula is C13H21N3O4S. The van der Waals surface area contributed by atoms with Crippen LogP contribution in [0.5, 0.6) is 0 Å². The molecule has 21 heavy (non-hydrogen) atoms. The fourth-order valence-corrected chi connectivity index (χ4v) is 3.12. The van der Waals surface area contributed by atoms with Gasteiger partial charge in [-0.15, -0.1) is 0 Å². The normalized spacial score (nSPS) is 20.0. The third-order valence-corrected chi connectivity index (χ3v) is 5.19. The van der Waals surface area contributed by atoms with Gasteiger partial charge in [-0.25, -0.2) is 12.7 Å². The molecule has 0 aliphatic carbocycles. The zero-order valence-electron chi connectivity index (χ0n) is 12.7. The number of hydrogen-bond acceptors (Lipinski definition) is 5. The van der Waals surface area contributed by atoms with Crippen molar-refractivity contribution in [2.45, 2.75) is 25.0 Å². The monoisotopic (exact) mass is 315 g/mol. The van der Waals surface area contributed by atoms with Gasteiger partial charge in [0.1, 0.15) is 5.76 Å². The van der Waals surface area contributed by atoms with Gasteiger partial charge in [-0.05, 0) is 13.8 Å². The Hall–Kier alpha value is -1.38. The second kappa shape index (κ2) is 5.78. The first-order valence-corrected chi connectivity index (χ1v) is 8.23. The number of carbonyl (C=O) groups excluding carboxylic acids is 1. The predicted octanol–water partition coefficient (Wildman–Crippen LogP) is 0.272. The van der Waals surface area contributed by atoms with Crippen LogP contribution in [0.1, 0.15) is 23.0 Å². The number of hydrogen-bond donors (Lipinski definition) is 1. The van der Waals surface area contributed by atoms with Gasteiger partial charge in [0, 0.05) is 45.8 Å². The number of nitrogens with one attached hydrogen (secondary N) is 1. The minimum absolute atomic E-state index is 0.190. The maximum atomic E-state index is 12.5. The van der Waals surface area contributed by atoms with E-state index >= 15 is 0 Å². The Bertz CT molecular complexity index is 636. The van der Waals surface area contributed by atoms with Gasteiger partial charge in [0.2, 0.25) is 5.09 Å². The van der Waals surface area contributed by atoms with Crippen molar-refractivity contribution in [1.82, 2.24) is 14.5 Å². The number of rotatable bonds is 3. The van der Waals surface area contributed by atoms with Gasteiger partial charge in [-0.2, -0.15) is 0 Å². The van der Waals surface area contributed by atoms with Crippen LogP contribution in [-0.4, -0.2) is 63.3 Å². The second-order valence-electron chi connectivity index (χ2n) is 5.43. The largest absolute Gasteiger partial charge is 0.448 e. The van der Waals surface area contributed by atoms with Crippen LogP contribution in [-0.2, 0) is 10.0 Å². The van der Waals surface area contributed by atoms with Crippen LogP contribution in [0.4, 0.5) is 0 Å². The molecule has 1 aliphatic heterocycles. The number of sulfonamides is 1. The van der Waals surface area contributed by atoms with Crippen molar-refractivity contribution in [3.05, 3.63) is 17.4 Å². The molecule has 1 fully saturated rings. The summed E-state index contributed by atoms with van der Waals surface area (Å²) in [6.45, 7) is 5.53. The Kier molecular flexibility index (Phi) is 4.40. The molecule has 1 aromatic heterocycles. The van der Waals surface area contributed by atoms with Crippen LogP contribution in [0.15, 0.2) is 15.6 Å². The van der Waals surface area contributed by atoms with E-state index < -0.39 is 10.0 Å². The zero-order chi connectivity index (χ0) is 15.8. The first kappa shape index (κ1) is 16.0. The summed E-state index contributed by atoms with van der Waals surface area (Å²) >= 11 is 0. The molecule has 8 heteroatoms. The van der Waals surface area contributed by atoms with E-state index in [1.807, 2.05) is 6.92 Å². The summed E-state index contributed by atoms with van der Waals surface area (Å²) in [6.07, 6.45) is 0. The van der Waals surface area contributed by atoms with E-state index in [9.17, 15) is 13.2 Å². The number of amides is 1. The Balaban J connectivity index is 2.29. The molecule has 1 aliphatic rings. The van der Waals surface area contributed by atoms with Gasteiger partial charge in [0.25, 0.3) is 15.9 Å². The minimum Gasteiger partial charge on any atom is -0.448 e. The molecule has 1 saturated heterocycles. The molecule has 1 aromatic rings. The van der Waals surface area contributed by atoms with E-state index in [1.165, 1.54) is 20.2 Å². The molecule has 7 nitrogen and oxygen atoms in total. The zero-order valence-corrected chi connectivity index (χ0v) is 13.5. The van der Waals surface area contributed by atoms with Crippen molar-refractivity contribution >= 4 is 15.9 Å². The third-order valence-electron chi connectivity index (χ3n) is 3.52. The highest BCUT2D eigenvalue weighted by molar-refractivity contribution is 7.88. The van der Waals surface area contributed by atoms with E-state index in [0.29, 0.717) is 24.4 Å². The molecule has 0 bridgehead atoms. The van der Waals surface area contributed by atoms with Crippen LogP contribution in [0.25, 0.3) is 0 Å². The average Bonchev–Trinajstić information content (AvgIpc) is 2.80. The van der Waals surface area contributed by atoms with Gasteiger partial charge >= 0.3 is 0 Å². The maximum Gasteiger partial charge on any atom is 0.275 e. The fraction of sp³-hybridized carbons (Fsp3) is 0.615. The van der Waals surface area contributed by atoms with Crippen molar-refractivity contribution < 1.29 is 17.6 Å². The number of furan rings is 1. The minimum atomic E-state index is -3.67. The van der Waals surface area contributed by atoms with Crippen molar-refractivity contribution in [1.29, 1.82) is 0 Å². The van der Waals surface area contributed by atoms with Crippen LogP contribution < -0.4 is 5.32 Å². The number of aryl methyl sites for hydroxylation is 1. The van der Waals surface area contributed by atoms with Crippen LogP contribution in [0, 0.1) is 6.92 Å². The molecule has 1 unspecified atom stereocenters. The fourth-order valence-electron chi connectivity index (χ4n) is 2.26. The summed E-state index contributed by atoms with van der Waals surface area (Å²) in [5.41, 5.74) is 0.310. The lowest BCUT2D eigenvalue weighted by Gasteiger charge is -2.31. The molecule has 2 rings (SSSR count). The lowest BCUT2D eigenvalue weighted by molar-refractivity contribution is 0.0707. The molecule has 0 aromatic carbocycles. The summed E-state index contributed by atoms with van der Waals surface area (Å²) in [7, 11) is -0.823. The van der Waals surface area contributed by atoms with Crippen molar-refractivity contribution in [3.63, 3.8) is 0 Å². The molecule has 0 radical (unpaired) electrons. The Morgan fingerprint density at radius 2 is 2.14 bits per heavy atom. The highest BCUT2D eigenvalue weighted by Crippen LogP contribution is 2.22. The van der Waals surface area contributed by atoms with Crippen LogP contribution in [0.2, 0.25) is 0 Å². The van der Waals surface area contributed by atoms with Gasteiger partial charge in [-0.1, -0.05) is 0 Å². The van der Waals surface area contributed by atoms with Gasteiger partial charge in [0.15, 0.2) is 0 Å². The van der Waals surface area contributed by atoms with Crippen LogP contribution >= 0.6 is 0 Å². The summed E-state index contributed by atoms with van der Waals surface area (Å²) in [4.78, 5) is 14.2. The number of piperazine rings is 1. The van der Waals surface area contributed by atoms with Crippen molar-refractivity contribution in [3.8, 4) is 0 Å². The summed E-state index contributed by atoms with van der Waals surface area (Å²) in [6, 6.07) is 1.54. The number of nitrogens with zero attached hydrogens (tertiary/aromatic N) is 2. The Morgan fingerprint density at radius 1 is 1.48 bits per heavy atom. The Labute approximate surface area is 124 Å². The van der Waals surface area contributed by atoms with E-state index in [4.69, 9.17) is 4.42 Å². The topological polar surface area (TPSA) is 82.9 Å². The molecular weight excluding hydrogens is 294 g/mol. The molecule has 1 amide bonds. The lowest BCUT2D eigenvalue weighted by Crippen LogP contribution is -2.51. The molecule has 1 atom stereocenters. The van der Waals surface area contributed by atoms with E-state index in [-0.39, 0.29) is 17.0 Å². The molecule has 1 N–H and O–H groups in total. The van der Waals surface area contributed by atoms with Crippen molar-refractivity contribution in [2.75, 3.05) is 33.7 Å². The predicted molar refractivity (Wildman–Crippen MR) is 77.7 cm³/mol. The molecule has 2 heterocycles. The average molecular weight is 315 g/mol. The number of carbonyl (C=O) groups is 1. The van der Waals surface area contributed by atoms with Gasteiger partial charge in [0.05, 0.1) is 5.56 Å². The van der Waals surface area contributed by atoms with Gasteiger partial charge in [-0.3, -0.25) is 4.79 Å². The first-order chi connectivity index (χ1) is 9.73. The molecule has 118 valence electrons. The highest BCUT2D eigenvalue weighted by atomic mass is 32.2. The Morgan fingerprint density at radius 3 is 2.71 bits per heavy atom. The molecule has 0 spiro atoms. The van der Waals surface area contributed by atoms with E-state index in [2.05, 4.69) is 5.32 Å². The quantitative estimate of drug-likeness (QED) is 0.866. The summed E-state index contributed by atoms with van der Waals surface area (Å²) < 4.78 is 30.4. The third kappa shape index (κ3) is 3.12. The highest BCUT2D eigenvalue weighted by Gasteiger charge is 2.29. The first-order valence-electron chi connectivity index (χ1n) is 6.79. The summed E-state index contributed by atoms with van der Waals surface area (Å²) in [5, 5.41) is 3.06. The SMILES string of the molecule is Cc1oc(S(=O)(=O)N(C)C)cc1C(=O)N1CCNC(C)C1. The lowest BCUT2D eigenvalue weighted by atomic mass is 10.2.